The molecule has 1 fully saturated rings. The van der Waals surface area contributed by atoms with Crippen LogP contribution in [0.25, 0.3) is 5.13 Å². The van der Waals surface area contributed by atoms with Crippen LogP contribution < -0.4 is 5.32 Å². The predicted molar refractivity (Wildman–Crippen MR) is 93.7 cm³/mol. The summed E-state index contributed by atoms with van der Waals surface area (Å²) in [6.45, 7) is 5.94. The van der Waals surface area contributed by atoms with Crippen LogP contribution in [0.3, 0.4) is 0 Å². The second-order valence-electron chi connectivity index (χ2n) is 6.03. The highest BCUT2D eigenvalue weighted by Crippen LogP contribution is 2.22. The summed E-state index contributed by atoms with van der Waals surface area (Å²) in [5.41, 5.74) is 2.47. The number of carbonyl (C=O) groups excluding carboxylic acids is 2. The van der Waals surface area contributed by atoms with Crippen molar-refractivity contribution < 1.29 is 9.59 Å². The van der Waals surface area contributed by atoms with Crippen molar-refractivity contribution in [2.75, 3.05) is 19.6 Å². The topological polar surface area (TPSA) is 67.2 Å². The van der Waals surface area contributed by atoms with Gasteiger partial charge in [-0.1, -0.05) is 0 Å². The van der Waals surface area contributed by atoms with Gasteiger partial charge in [0.05, 0.1) is 5.56 Å². The van der Waals surface area contributed by atoms with Gasteiger partial charge in [-0.05, 0) is 32.8 Å². The number of hydrogen-bond acceptors (Lipinski definition) is 4. The predicted octanol–water partition coefficient (Wildman–Crippen LogP) is 2.29. The Labute approximate surface area is 145 Å². The van der Waals surface area contributed by atoms with Gasteiger partial charge in [0.15, 0.2) is 5.13 Å². The summed E-state index contributed by atoms with van der Waals surface area (Å²) in [6, 6.07) is 1.87. The summed E-state index contributed by atoms with van der Waals surface area (Å²) in [5.74, 6) is -0.0128. The zero-order chi connectivity index (χ0) is 17.1. The Hall–Kier alpha value is -2.15. The van der Waals surface area contributed by atoms with Crippen LogP contribution in [0.2, 0.25) is 0 Å². The molecule has 1 N–H and O–H groups in total. The van der Waals surface area contributed by atoms with E-state index >= 15 is 0 Å². The van der Waals surface area contributed by atoms with Crippen LogP contribution in [0, 0.1) is 13.8 Å². The van der Waals surface area contributed by atoms with Gasteiger partial charge in [-0.2, -0.15) is 0 Å². The van der Waals surface area contributed by atoms with Gasteiger partial charge in [-0.25, -0.2) is 4.98 Å². The van der Waals surface area contributed by atoms with Gasteiger partial charge in [-0.15, -0.1) is 11.3 Å². The number of likely N-dealkylation sites (tertiary alicyclic amines) is 1. The largest absolute Gasteiger partial charge is 0.351 e. The van der Waals surface area contributed by atoms with E-state index in [9.17, 15) is 9.59 Å². The lowest BCUT2D eigenvalue weighted by Gasteiger charge is -2.15. The summed E-state index contributed by atoms with van der Waals surface area (Å²) < 4.78 is 1.98. The molecule has 0 aromatic carbocycles. The van der Waals surface area contributed by atoms with Gasteiger partial charge >= 0.3 is 0 Å². The highest BCUT2D eigenvalue weighted by molar-refractivity contribution is 7.12. The minimum absolute atomic E-state index is 0.126. The molecule has 2 amide bonds. The molecule has 2 aromatic rings. The lowest BCUT2D eigenvalue weighted by atomic mass is 10.2. The van der Waals surface area contributed by atoms with E-state index in [0.717, 1.165) is 42.5 Å². The molecule has 0 radical (unpaired) electrons. The number of nitrogens with one attached hydrogen (secondary N) is 1. The summed E-state index contributed by atoms with van der Waals surface area (Å²) in [6.07, 6.45) is 4.28. The fourth-order valence-corrected chi connectivity index (χ4v) is 3.87. The third-order valence-corrected chi connectivity index (χ3v) is 5.13. The summed E-state index contributed by atoms with van der Waals surface area (Å²) >= 11 is 1.54. The van der Waals surface area contributed by atoms with Gasteiger partial charge in [-0.3, -0.25) is 14.2 Å². The van der Waals surface area contributed by atoms with Crippen LogP contribution in [0.15, 0.2) is 17.6 Å². The highest BCUT2D eigenvalue weighted by Gasteiger charge is 2.20. The Kier molecular flexibility index (Phi) is 4.99. The molecule has 3 rings (SSSR count). The summed E-state index contributed by atoms with van der Waals surface area (Å²) in [7, 11) is 0. The van der Waals surface area contributed by atoms with E-state index in [4.69, 9.17) is 0 Å². The molecule has 3 heterocycles. The number of aryl methyl sites for hydroxylation is 1. The number of carbonyl (C=O) groups is 2. The first-order valence-electron chi connectivity index (χ1n) is 8.22. The van der Waals surface area contributed by atoms with Crippen molar-refractivity contribution in [1.82, 2.24) is 19.8 Å². The molecule has 1 saturated heterocycles. The zero-order valence-corrected chi connectivity index (χ0v) is 14.9. The number of hydrogen-bond donors (Lipinski definition) is 1. The number of rotatable bonds is 5. The van der Waals surface area contributed by atoms with E-state index in [1.165, 1.54) is 11.3 Å². The molecule has 2 aromatic heterocycles. The van der Waals surface area contributed by atoms with Crippen molar-refractivity contribution in [3.63, 3.8) is 0 Å². The maximum absolute atomic E-state index is 12.4. The standard InChI is InChI=1S/C17H22N4O2S/c1-12-11-14(13(2)21(12)17-19-7-10-24-17)16(23)18-6-5-15(22)20-8-3-4-9-20/h7,10-11H,3-6,8-9H2,1-2H3,(H,18,23). The molecule has 0 unspecified atom stereocenters. The monoisotopic (exact) mass is 346 g/mol. The van der Waals surface area contributed by atoms with E-state index in [2.05, 4.69) is 10.3 Å². The van der Waals surface area contributed by atoms with Crippen molar-refractivity contribution in [2.45, 2.75) is 33.1 Å². The highest BCUT2D eigenvalue weighted by atomic mass is 32.1. The SMILES string of the molecule is Cc1cc(C(=O)NCCC(=O)N2CCCC2)c(C)n1-c1nccs1. The number of aromatic nitrogens is 2. The Morgan fingerprint density at radius 3 is 2.71 bits per heavy atom. The summed E-state index contributed by atoms with van der Waals surface area (Å²) in [5, 5.41) is 5.63. The molecule has 0 saturated carbocycles. The van der Waals surface area contributed by atoms with Crippen LogP contribution in [-0.2, 0) is 4.79 Å². The van der Waals surface area contributed by atoms with Crippen molar-refractivity contribution in [2.24, 2.45) is 0 Å². The van der Waals surface area contributed by atoms with Crippen LogP contribution in [0.5, 0.6) is 0 Å². The van der Waals surface area contributed by atoms with E-state index in [1.54, 1.807) is 6.20 Å². The first-order valence-corrected chi connectivity index (χ1v) is 9.10. The number of thiazole rings is 1. The lowest BCUT2D eigenvalue weighted by molar-refractivity contribution is -0.129. The van der Waals surface area contributed by atoms with Crippen LogP contribution >= 0.6 is 11.3 Å². The molecule has 0 aliphatic carbocycles. The first-order chi connectivity index (χ1) is 11.6. The lowest BCUT2D eigenvalue weighted by Crippen LogP contribution is -2.32. The Morgan fingerprint density at radius 2 is 2.04 bits per heavy atom. The Balaban J connectivity index is 1.61. The van der Waals surface area contributed by atoms with Gasteiger partial charge in [0.1, 0.15) is 0 Å². The van der Waals surface area contributed by atoms with Crippen molar-refractivity contribution in [3.05, 3.63) is 34.6 Å². The molecule has 24 heavy (non-hydrogen) atoms. The molecule has 1 aliphatic heterocycles. The molecule has 0 atom stereocenters. The fraction of sp³-hybridized carbons (Fsp3) is 0.471. The second kappa shape index (κ2) is 7.17. The van der Waals surface area contributed by atoms with Crippen molar-refractivity contribution >= 4 is 23.2 Å². The molecule has 128 valence electrons. The van der Waals surface area contributed by atoms with E-state index in [1.807, 2.05) is 34.8 Å². The van der Waals surface area contributed by atoms with Crippen LogP contribution in [0.1, 0.15) is 41.0 Å². The van der Waals surface area contributed by atoms with E-state index in [0.29, 0.717) is 18.5 Å². The maximum Gasteiger partial charge on any atom is 0.253 e. The Morgan fingerprint density at radius 1 is 1.29 bits per heavy atom. The van der Waals surface area contributed by atoms with Crippen molar-refractivity contribution in [1.29, 1.82) is 0 Å². The fourth-order valence-electron chi connectivity index (χ4n) is 3.12. The minimum Gasteiger partial charge on any atom is -0.351 e. The van der Waals surface area contributed by atoms with Gasteiger partial charge in [0.25, 0.3) is 5.91 Å². The third-order valence-electron chi connectivity index (χ3n) is 4.37. The van der Waals surface area contributed by atoms with Crippen LogP contribution in [0.4, 0.5) is 0 Å². The molecule has 7 heteroatoms. The van der Waals surface area contributed by atoms with Gasteiger partial charge in [0.2, 0.25) is 5.91 Å². The molecular formula is C17H22N4O2S. The zero-order valence-electron chi connectivity index (χ0n) is 14.0. The molecular weight excluding hydrogens is 324 g/mol. The van der Waals surface area contributed by atoms with E-state index in [-0.39, 0.29) is 11.8 Å². The quantitative estimate of drug-likeness (QED) is 0.903. The molecule has 6 nitrogen and oxygen atoms in total. The first kappa shape index (κ1) is 16.7. The normalized spacial score (nSPS) is 14.2. The average molecular weight is 346 g/mol. The van der Waals surface area contributed by atoms with Crippen molar-refractivity contribution in [3.8, 4) is 5.13 Å². The third kappa shape index (κ3) is 3.36. The number of nitrogens with zero attached hydrogens (tertiary/aromatic N) is 3. The molecule has 0 bridgehead atoms. The smallest absolute Gasteiger partial charge is 0.253 e. The average Bonchev–Trinajstić information content (AvgIpc) is 3.28. The Bertz CT molecular complexity index is 730. The van der Waals surface area contributed by atoms with Gasteiger partial charge < -0.3 is 10.2 Å². The van der Waals surface area contributed by atoms with E-state index < -0.39 is 0 Å². The van der Waals surface area contributed by atoms with Crippen LogP contribution in [-0.4, -0.2) is 45.9 Å². The number of amides is 2. The molecule has 0 spiro atoms. The molecule has 1 aliphatic rings. The van der Waals surface area contributed by atoms with Gasteiger partial charge in [0, 0.05) is 49.0 Å². The minimum atomic E-state index is -0.139. The maximum atomic E-state index is 12.4. The second-order valence-corrected chi connectivity index (χ2v) is 6.90. The summed E-state index contributed by atoms with van der Waals surface area (Å²) in [4.78, 5) is 30.6.